The Morgan fingerprint density at radius 3 is 2.08 bits per heavy atom. The van der Waals surface area contributed by atoms with E-state index in [1.165, 1.54) is 54.2 Å². The van der Waals surface area contributed by atoms with E-state index in [0.29, 0.717) is 6.67 Å². The SMILES string of the molecule is C=Cc1cc2c3c4c5cc6ccccc6cc5n(/C(=C5/C=Cc6ccccc6C5NCN)c5ccc6ccccc6c5)c4ccc3n(-c3ccccc3)c2cc1/C=C\C. The number of fused-ring (bicyclic) bond motifs is 10. The molecule has 10 aromatic rings. The number of allylic oxidation sites excluding steroid dienone is 1. The average Bonchev–Trinajstić information content (AvgIpc) is 3.77. The van der Waals surface area contributed by atoms with Crippen molar-refractivity contribution in [3.63, 3.8) is 0 Å². The Morgan fingerprint density at radius 1 is 0.627 bits per heavy atom. The van der Waals surface area contributed by atoms with E-state index in [1.54, 1.807) is 0 Å². The molecule has 1 aliphatic carbocycles. The molecule has 0 saturated carbocycles. The molecule has 2 heterocycles. The van der Waals surface area contributed by atoms with Crippen LogP contribution in [0.5, 0.6) is 0 Å². The van der Waals surface area contributed by atoms with Crippen LogP contribution in [0.3, 0.4) is 0 Å². The summed E-state index contributed by atoms with van der Waals surface area (Å²) in [6, 6.07) is 57.6. The van der Waals surface area contributed by atoms with Crippen molar-refractivity contribution in [2.75, 3.05) is 6.67 Å². The second-order valence-corrected chi connectivity index (χ2v) is 15.4. The predicted molar refractivity (Wildman–Crippen MR) is 253 cm³/mol. The lowest BCUT2D eigenvalue weighted by atomic mass is 9.86. The highest BCUT2D eigenvalue weighted by atomic mass is 15.0. The number of aromatic nitrogens is 2. The molecule has 0 amide bonds. The zero-order valence-electron chi connectivity index (χ0n) is 32.9. The number of hydrogen-bond donors (Lipinski definition) is 2. The topological polar surface area (TPSA) is 47.9 Å². The average molecular weight is 759 g/mol. The van der Waals surface area contributed by atoms with Gasteiger partial charge in [0.2, 0.25) is 0 Å². The van der Waals surface area contributed by atoms with Gasteiger partial charge in [0.25, 0.3) is 0 Å². The van der Waals surface area contributed by atoms with Crippen molar-refractivity contribution in [1.82, 2.24) is 14.5 Å². The van der Waals surface area contributed by atoms with Gasteiger partial charge in [-0.2, -0.15) is 0 Å². The van der Waals surface area contributed by atoms with Crippen molar-refractivity contribution in [3.8, 4) is 5.69 Å². The molecular weight excluding hydrogens is 717 g/mol. The maximum atomic E-state index is 6.39. The van der Waals surface area contributed by atoms with E-state index < -0.39 is 0 Å². The van der Waals surface area contributed by atoms with Crippen LogP contribution in [0.1, 0.15) is 40.8 Å². The van der Waals surface area contributed by atoms with Crippen LogP contribution < -0.4 is 11.1 Å². The monoisotopic (exact) mass is 758 g/mol. The first-order valence-corrected chi connectivity index (χ1v) is 20.4. The quantitative estimate of drug-likeness (QED) is 0.159. The van der Waals surface area contributed by atoms with Gasteiger partial charge < -0.3 is 14.9 Å². The summed E-state index contributed by atoms with van der Waals surface area (Å²) in [7, 11) is 0. The molecule has 4 nitrogen and oxygen atoms in total. The molecule has 0 bridgehead atoms. The second kappa shape index (κ2) is 14.0. The van der Waals surface area contributed by atoms with Gasteiger partial charge in [-0.05, 0) is 116 Å². The van der Waals surface area contributed by atoms with Gasteiger partial charge >= 0.3 is 0 Å². The standard InChI is InChI=1S/C55H42N4/c1-3-14-38-32-50-46(30-35(38)4-2)52-48(58(50)43-20-6-5-7-21-43)27-28-49-53(52)47-31-40-18-10-11-19-41(40)33-51(47)59(49)55(42-24-23-36-15-8-9-17-39(36)29-42)45-26-25-37-16-12-13-22-44(37)54(45)57-34-56/h3-33,54,57H,2,34,56H2,1H3/b14-3-,55-45-. The summed E-state index contributed by atoms with van der Waals surface area (Å²) in [5.74, 6) is 0. The largest absolute Gasteiger partial charge is 0.318 e. The minimum absolute atomic E-state index is 0.139. The first-order valence-electron chi connectivity index (χ1n) is 20.4. The van der Waals surface area contributed by atoms with Crippen LogP contribution in [0.25, 0.3) is 94.8 Å². The predicted octanol–water partition coefficient (Wildman–Crippen LogP) is 13.4. The van der Waals surface area contributed by atoms with Crippen LogP contribution in [0, 0.1) is 0 Å². The van der Waals surface area contributed by atoms with Crippen molar-refractivity contribution in [2.24, 2.45) is 5.73 Å². The van der Waals surface area contributed by atoms with Crippen molar-refractivity contribution >= 4 is 89.1 Å². The number of hydrogen-bond acceptors (Lipinski definition) is 2. The lowest BCUT2D eigenvalue weighted by Gasteiger charge is -2.29. The Bertz CT molecular complexity index is 3430. The molecule has 0 radical (unpaired) electrons. The molecule has 2 aromatic heterocycles. The third kappa shape index (κ3) is 5.45. The number of nitrogens with zero attached hydrogens (tertiary/aromatic N) is 2. The summed E-state index contributed by atoms with van der Waals surface area (Å²) >= 11 is 0. The van der Waals surface area contributed by atoms with Crippen LogP contribution in [-0.4, -0.2) is 15.8 Å². The normalized spacial score (nSPS) is 15.1. The molecular formula is C55H42N4. The Balaban J connectivity index is 1.36. The fourth-order valence-corrected chi connectivity index (χ4v) is 9.66. The van der Waals surface area contributed by atoms with Gasteiger partial charge in [0.1, 0.15) is 0 Å². The molecule has 59 heavy (non-hydrogen) atoms. The molecule has 1 unspecified atom stereocenters. The van der Waals surface area contributed by atoms with Gasteiger partial charge in [-0.3, -0.25) is 5.32 Å². The van der Waals surface area contributed by atoms with E-state index in [0.717, 1.165) is 55.7 Å². The smallest absolute Gasteiger partial charge is 0.0613 e. The Labute approximate surface area is 343 Å². The summed E-state index contributed by atoms with van der Waals surface area (Å²) in [6.07, 6.45) is 10.8. The van der Waals surface area contributed by atoms with Crippen LogP contribution >= 0.6 is 0 Å². The van der Waals surface area contributed by atoms with Crippen LogP contribution in [0.2, 0.25) is 0 Å². The summed E-state index contributed by atoms with van der Waals surface area (Å²) in [5, 5.41) is 13.4. The molecule has 1 aliphatic rings. The zero-order valence-corrected chi connectivity index (χ0v) is 32.9. The molecule has 0 fully saturated rings. The minimum Gasteiger partial charge on any atom is -0.318 e. The molecule has 3 N–H and O–H groups in total. The number of nitrogens with one attached hydrogen (secondary N) is 1. The van der Waals surface area contributed by atoms with Crippen molar-refractivity contribution in [2.45, 2.75) is 13.0 Å². The molecule has 4 heteroatoms. The van der Waals surface area contributed by atoms with Gasteiger partial charge in [0.05, 0.1) is 33.8 Å². The third-order valence-electron chi connectivity index (χ3n) is 12.2. The maximum absolute atomic E-state index is 6.39. The van der Waals surface area contributed by atoms with E-state index in [2.05, 4.69) is 210 Å². The van der Waals surface area contributed by atoms with Gasteiger partial charge in [-0.25, -0.2) is 0 Å². The fraction of sp³-hybridized carbons (Fsp3) is 0.0545. The molecule has 282 valence electrons. The van der Waals surface area contributed by atoms with Gasteiger partial charge in [0.15, 0.2) is 0 Å². The highest BCUT2D eigenvalue weighted by molar-refractivity contribution is 6.30. The lowest BCUT2D eigenvalue weighted by molar-refractivity contribution is 0.614. The summed E-state index contributed by atoms with van der Waals surface area (Å²) in [6.45, 7) is 6.68. The van der Waals surface area contributed by atoms with Crippen molar-refractivity contribution < 1.29 is 0 Å². The molecule has 0 saturated heterocycles. The minimum atomic E-state index is -0.139. The molecule has 0 spiro atoms. The highest BCUT2D eigenvalue weighted by Crippen LogP contribution is 2.47. The number of nitrogens with two attached hydrogens (primary N) is 1. The van der Waals surface area contributed by atoms with Crippen LogP contribution in [0.4, 0.5) is 0 Å². The van der Waals surface area contributed by atoms with E-state index in [1.807, 2.05) is 6.08 Å². The van der Waals surface area contributed by atoms with E-state index >= 15 is 0 Å². The second-order valence-electron chi connectivity index (χ2n) is 15.4. The van der Waals surface area contributed by atoms with Crippen LogP contribution in [0.15, 0.2) is 182 Å². The molecule has 0 aliphatic heterocycles. The van der Waals surface area contributed by atoms with E-state index in [-0.39, 0.29) is 6.04 Å². The summed E-state index contributed by atoms with van der Waals surface area (Å²) in [5.41, 5.74) is 20.2. The van der Waals surface area contributed by atoms with Crippen LogP contribution in [-0.2, 0) is 0 Å². The Morgan fingerprint density at radius 2 is 1.31 bits per heavy atom. The Hall–Kier alpha value is -7.24. The van der Waals surface area contributed by atoms with Crippen molar-refractivity contribution in [3.05, 3.63) is 210 Å². The summed E-state index contributed by atoms with van der Waals surface area (Å²) in [4.78, 5) is 0. The fourth-order valence-electron chi connectivity index (χ4n) is 9.66. The molecule has 8 aromatic carbocycles. The van der Waals surface area contributed by atoms with E-state index in [9.17, 15) is 0 Å². The number of benzene rings is 8. The number of rotatable bonds is 7. The maximum Gasteiger partial charge on any atom is 0.0613 e. The third-order valence-corrected chi connectivity index (χ3v) is 12.2. The highest BCUT2D eigenvalue weighted by Gasteiger charge is 2.29. The van der Waals surface area contributed by atoms with Gasteiger partial charge in [0, 0.05) is 33.9 Å². The van der Waals surface area contributed by atoms with Gasteiger partial charge in [-0.15, -0.1) is 0 Å². The first-order chi connectivity index (χ1) is 29.1. The lowest BCUT2D eigenvalue weighted by Crippen LogP contribution is -2.31. The first kappa shape index (κ1) is 35.0. The molecule has 11 rings (SSSR count). The summed E-state index contributed by atoms with van der Waals surface area (Å²) < 4.78 is 4.96. The molecule has 1 atom stereocenters. The zero-order chi connectivity index (χ0) is 39.6. The number of para-hydroxylation sites is 1. The van der Waals surface area contributed by atoms with Crippen molar-refractivity contribution in [1.29, 1.82) is 0 Å². The van der Waals surface area contributed by atoms with Gasteiger partial charge in [-0.1, -0.05) is 140 Å². The van der Waals surface area contributed by atoms with E-state index in [4.69, 9.17) is 5.73 Å². The Kier molecular flexibility index (Phi) is 8.29.